The van der Waals surface area contributed by atoms with Crippen molar-refractivity contribution in [3.63, 3.8) is 0 Å². The Bertz CT molecular complexity index is 343. The highest BCUT2D eigenvalue weighted by Gasteiger charge is 2.48. The summed E-state index contributed by atoms with van der Waals surface area (Å²) >= 11 is 0. The van der Waals surface area contributed by atoms with E-state index in [1.165, 1.54) is 0 Å². The molecule has 1 N–H and O–H groups in total. The Morgan fingerprint density at radius 1 is 1.31 bits per heavy atom. The minimum Gasteiger partial charge on any atom is -0.407 e. The van der Waals surface area contributed by atoms with Gasteiger partial charge in [-0.2, -0.15) is 0 Å². The average Bonchev–Trinajstić information content (AvgIpc) is 2.25. The number of benzene rings is 1. The fraction of sp³-hybridized carbons (Fsp3) is 0.385. The van der Waals surface area contributed by atoms with E-state index >= 15 is 0 Å². The molecule has 0 amide bonds. The average molecular weight is 236 g/mol. The van der Waals surface area contributed by atoms with Crippen LogP contribution in [0.1, 0.15) is 20.8 Å². The molecule has 0 aliphatic carbocycles. The van der Waals surface area contributed by atoms with Gasteiger partial charge in [0.05, 0.1) is 6.61 Å². The molecule has 0 heterocycles. The third kappa shape index (κ3) is 2.61. The molecule has 0 unspecified atom stereocenters. The lowest BCUT2D eigenvalue weighted by molar-refractivity contribution is 0.244. The van der Waals surface area contributed by atoms with Gasteiger partial charge in [-0.05, 0) is 5.19 Å². The van der Waals surface area contributed by atoms with Gasteiger partial charge in [-0.1, -0.05) is 57.2 Å². The van der Waals surface area contributed by atoms with Gasteiger partial charge in [-0.25, -0.2) is 0 Å². The summed E-state index contributed by atoms with van der Waals surface area (Å²) in [4.78, 5) is 10.8. The van der Waals surface area contributed by atoms with Crippen molar-refractivity contribution in [3.05, 3.63) is 43.0 Å². The van der Waals surface area contributed by atoms with Gasteiger partial charge >= 0.3 is 8.56 Å². The van der Waals surface area contributed by atoms with Gasteiger partial charge < -0.3 is 9.22 Å². The summed E-state index contributed by atoms with van der Waals surface area (Å²) in [7, 11) is -2.92. The van der Waals surface area contributed by atoms with Gasteiger partial charge in [0.1, 0.15) is 0 Å². The van der Waals surface area contributed by atoms with Crippen molar-refractivity contribution in [1.29, 1.82) is 0 Å². The third-order valence-electron chi connectivity index (χ3n) is 2.59. The van der Waals surface area contributed by atoms with Crippen LogP contribution in [0.15, 0.2) is 43.0 Å². The molecule has 0 saturated carbocycles. The van der Waals surface area contributed by atoms with Crippen LogP contribution in [0, 0.1) is 0 Å². The number of hydrogen-bond acceptors (Lipinski definition) is 2. The Balaban J connectivity index is 3.10. The highest BCUT2D eigenvalue weighted by Crippen LogP contribution is 2.34. The molecule has 0 aliphatic heterocycles. The highest BCUT2D eigenvalue weighted by molar-refractivity contribution is 6.82. The standard InChI is InChI=1S/C13H20O2Si/c1-5-11-15-16(14,13(2,3)4)12-9-7-6-8-10-12/h5-10,14H,1,11H2,2-4H3/t16-/m1/s1. The number of hydrogen-bond donors (Lipinski definition) is 1. The summed E-state index contributed by atoms with van der Waals surface area (Å²) in [6.07, 6.45) is 1.67. The first-order valence-corrected chi connectivity index (χ1v) is 7.30. The first-order chi connectivity index (χ1) is 7.42. The van der Waals surface area contributed by atoms with E-state index in [1.54, 1.807) is 6.08 Å². The molecule has 88 valence electrons. The molecule has 0 bridgehead atoms. The Hall–Kier alpha value is -0.903. The quantitative estimate of drug-likeness (QED) is 0.642. The van der Waals surface area contributed by atoms with E-state index < -0.39 is 8.56 Å². The molecule has 0 saturated heterocycles. The Labute approximate surface area is 98.8 Å². The van der Waals surface area contributed by atoms with Crippen molar-refractivity contribution < 1.29 is 9.22 Å². The first-order valence-electron chi connectivity index (χ1n) is 5.44. The molecule has 16 heavy (non-hydrogen) atoms. The molecular weight excluding hydrogens is 216 g/mol. The summed E-state index contributed by atoms with van der Waals surface area (Å²) in [6.45, 7) is 10.0. The van der Waals surface area contributed by atoms with Crippen molar-refractivity contribution in [3.8, 4) is 0 Å². The zero-order chi connectivity index (χ0) is 12.2. The predicted molar refractivity (Wildman–Crippen MR) is 69.9 cm³/mol. The Morgan fingerprint density at radius 3 is 2.31 bits per heavy atom. The monoisotopic (exact) mass is 236 g/mol. The van der Waals surface area contributed by atoms with Crippen molar-refractivity contribution in [2.75, 3.05) is 6.61 Å². The molecule has 1 rings (SSSR count). The summed E-state index contributed by atoms with van der Waals surface area (Å²) in [5.74, 6) is 0. The summed E-state index contributed by atoms with van der Waals surface area (Å²) in [6, 6.07) is 9.65. The van der Waals surface area contributed by atoms with Gasteiger partial charge in [0.25, 0.3) is 0 Å². The lowest BCUT2D eigenvalue weighted by atomic mass is 10.2. The maximum atomic E-state index is 10.8. The van der Waals surface area contributed by atoms with Crippen molar-refractivity contribution in [2.24, 2.45) is 0 Å². The molecule has 2 nitrogen and oxygen atoms in total. The second kappa shape index (κ2) is 4.95. The molecule has 0 spiro atoms. The van der Waals surface area contributed by atoms with Crippen molar-refractivity contribution >= 4 is 13.7 Å². The smallest absolute Gasteiger partial charge is 0.375 e. The lowest BCUT2D eigenvalue weighted by Gasteiger charge is -2.36. The van der Waals surface area contributed by atoms with Crippen LogP contribution in [0.4, 0.5) is 0 Å². The van der Waals surface area contributed by atoms with Crippen molar-refractivity contribution in [1.82, 2.24) is 0 Å². The molecule has 3 heteroatoms. The predicted octanol–water partition coefficient (Wildman–Crippen LogP) is 2.33. The molecule has 0 radical (unpaired) electrons. The van der Waals surface area contributed by atoms with E-state index in [1.807, 2.05) is 51.1 Å². The molecule has 1 atom stereocenters. The fourth-order valence-corrected chi connectivity index (χ4v) is 4.05. The second-order valence-electron chi connectivity index (χ2n) is 4.86. The normalized spacial score (nSPS) is 15.5. The summed E-state index contributed by atoms with van der Waals surface area (Å²) in [5, 5.41) is 0.640. The molecule has 0 aromatic heterocycles. The zero-order valence-corrected chi connectivity index (χ0v) is 11.2. The first kappa shape index (κ1) is 13.2. The van der Waals surface area contributed by atoms with E-state index in [-0.39, 0.29) is 5.04 Å². The Kier molecular flexibility index (Phi) is 4.07. The van der Waals surface area contributed by atoms with E-state index in [2.05, 4.69) is 6.58 Å². The largest absolute Gasteiger partial charge is 0.407 e. The second-order valence-corrected chi connectivity index (χ2v) is 8.51. The molecule has 0 aliphatic rings. The van der Waals surface area contributed by atoms with Crippen LogP contribution in [0.25, 0.3) is 0 Å². The highest BCUT2D eigenvalue weighted by atomic mass is 28.4. The fourth-order valence-electron chi connectivity index (χ4n) is 1.58. The molecule has 0 fully saturated rings. The van der Waals surface area contributed by atoms with E-state index in [0.717, 1.165) is 5.19 Å². The van der Waals surface area contributed by atoms with Crippen molar-refractivity contribution in [2.45, 2.75) is 25.8 Å². The maximum absolute atomic E-state index is 10.8. The maximum Gasteiger partial charge on any atom is 0.375 e. The van der Waals surface area contributed by atoms with E-state index in [9.17, 15) is 4.80 Å². The molecule has 1 aromatic rings. The van der Waals surface area contributed by atoms with Gasteiger partial charge in [-0.15, -0.1) is 6.58 Å². The molecule has 1 aromatic carbocycles. The van der Waals surface area contributed by atoms with E-state index in [0.29, 0.717) is 6.61 Å². The molecular formula is C13H20O2Si. The third-order valence-corrected chi connectivity index (χ3v) is 6.33. The van der Waals surface area contributed by atoms with Crippen LogP contribution in [-0.2, 0) is 4.43 Å². The van der Waals surface area contributed by atoms with Gasteiger partial charge in [-0.3, -0.25) is 0 Å². The van der Waals surface area contributed by atoms with Crippen LogP contribution in [0.2, 0.25) is 5.04 Å². The van der Waals surface area contributed by atoms with Gasteiger partial charge in [0, 0.05) is 5.04 Å². The van der Waals surface area contributed by atoms with Crippen LogP contribution in [0.3, 0.4) is 0 Å². The minimum atomic E-state index is -2.92. The van der Waals surface area contributed by atoms with Crippen LogP contribution < -0.4 is 5.19 Å². The van der Waals surface area contributed by atoms with Crippen LogP contribution in [-0.4, -0.2) is 20.0 Å². The SMILES string of the molecule is C=CCO[Si@](O)(c1ccccc1)C(C)(C)C. The number of rotatable bonds is 4. The van der Waals surface area contributed by atoms with Gasteiger partial charge in [0.2, 0.25) is 0 Å². The summed E-state index contributed by atoms with van der Waals surface area (Å²) in [5.41, 5.74) is 0. The van der Waals surface area contributed by atoms with E-state index in [4.69, 9.17) is 4.43 Å². The van der Waals surface area contributed by atoms with Crippen LogP contribution in [0.5, 0.6) is 0 Å². The lowest BCUT2D eigenvalue weighted by Crippen LogP contribution is -2.58. The topological polar surface area (TPSA) is 29.5 Å². The zero-order valence-electron chi connectivity index (χ0n) is 10.2. The van der Waals surface area contributed by atoms with Crippen LogP contribution >= 0.6 is 0 Å². The minimum absolute atomic E-state index is 0.267. The van der Waals surface area contributed by atoms with Gasteiger partial charge in [0.15, 0.2) is 0 Å². The summed E-state index contributed by atoms with van der Waals surface area (Å²) < 4.78 is 5.71. The Morgan fingerprint density at radius 2 is 1.88 bits per heavy atom.